The highest BCUT2D eigenvalue weighted by Crippen LogP contribution is 2.27. The summed E-state index contributed by atoms with van der Waals surface area (Å²) in [7, 11) is 0. The van der Waals surface area contributed by atoms with Gasteiger partial charge >= 0.3 is 0 Å². The molecule has 0 amide bonds. The van der Waals surface area contributed by atoms with Gasteiger partial charge in [-0.3, -0.25) is 5.32 Å². The van der Waals surface area contributed by atoms with Crippen molar-refractivity contribution < 1.29 is 0 Å². The molecule has 19 heavy (non-hydrogen) atoms. The molecule has 0 spiro atoms. The molecule has 0 saturated heterocycles. The lowest BCUT2D eigenvalue weighted by atomic mass is 9.88. The van der Waals surface area contributed by atoms with Gasteiger partial charge in [-0.05, 0) is 43.8 Å². The van der Waals surface area contributed by atoms with E-state index in [2.05, 4.69) is 32.2 Å². The molecule has 0 saturated carbocycles. The highest BCUT2D eigenvalue weighted by molar-refractivity contribution is 7.99. The smallest absolute Gasteiger partial charge is 0.133 e. The van der Waals surface area contributed by atoms with Crippen LogP contribution in [0.5, 0.6) is 0 Å². The molecule has 0 bridgehead atoms. The first-order valence-electron chi connectivity index (χ1n) is 6.97. The molecule has 1 unspecified atom stereocenters. The Balaban J connectivity index is 2.86. The molecule has 0 radical (unpaired) electrons. The number of hydrogen-bond donors (Lipinski definition) is 1. The van der Waals surface area contributed by atoms with Crippen molar-refractivity contribution in [2.75, 3.05) is 11.5 Å². The van der Waals surface area contributed by atoms with E-state index in [1.54, 1.807) is 0 Å². The van der Waals surface area contributed by atoms with E-state index < -0.39 is 5.54 Å². The molecule has 104 valence electrons. The first-order valence-corrected chi connectivity index (χ1v) is 8.12. The maximum Gasteiger partial charge on any atom is 0.133 e. The van der Waals surface area contributed by atoms with E-state index in [-0.39, 0.29) is 6.04 Å². The van der Waals surface area contributed by atoms with E-state index in [0.717, 1.165) is 23.5 Å². The Labute approximate surface area is 121 Å². The molecule has 2 nitrogen and oxygen atoms in total. The molecular formula is C16H24N2S. The van der Waals surface area contributed by atoms with Gasteiger partial charge in [-0.25, -0.2) is 0 Å². The molecule has 1 aromatic rings. The third kappa shape index (κ3) is 4.89. The fourth-order valence-electron chi connectivity index (χ4n) is 2.14. The molecule has 0 aromatic heterocycles. The van der Waals surface area contributed by atoms with Gasteiger partial charge in [0.15, 0.2) is 0 Å². The topological polar surface area (TPSA) is 35.8 Å². The van der Waals surface area contributed by atoms with E-state index in [1.165, 1.54) is 6.42 Å². The average molecular weight is 276 g/mol. The van der Waals surface area contributed by atoms with E-state index in [0.29, 0.717) is 0 Å². The second-order valence-electron chi connectivity index (χ2n) is 5.04. The number of nitrogens with zero attached hydrogens (tertiary/aromatic N) is 1. The van der Waals surface area contributed by atoms with Gasteiger partial charge < -0.3 is 0 Å². The lowest BCUT2D eigenvalue weighted by Gasteiger charge is -2.30. The van der Waals surface area contributed by atoms with Crippen molar-refractivity contribution in [3.63, 3.8) is 0 Å². The van der Waals surface area contributed by atoms with Gasteiger partial charge in [-0.2, -0.15) is 17.0 Å². The van der Waals surface area contributed by atoms with Crippen LogP contribution in [0.1, 0.15) is 39.2 Å². The fraction of sp³-hybridized carbons (Fsp3) is 0.562. The Hall–Kier alpha value is -0.980. The normalized spacial score (nSPS) is 14.1. The van der Waals surface area contributed by atoms with Crippen LogP contribution >= 0.6 is 11.8 Å². The van der Waals surface area contributed by atoms with E-state index >= 15 is 0 Å². The molecule has 1 rings (SSSR count). The van der Waals surface area contributed by atoms with Gasteiger partial charge in [0.25, 0.3) is 0 Å². The van der Waals surface area contributed by atoms with Crippen molar-refractivity contribution >= 4 is 11.8 Å². The Kier molecular flexibility index (Phi) is 6.97. The average Bonchev–Trinajstić information content (AvgIpc) is 2.43. The molecular weight excluding hydrogens is 252 g/mol. The van der Waals surface area contributed by atoms with Gasteiger partial charge in [0.05, 0.1) is 6.07 Å². The Bertz CT molecular complexity index is 397. The number of rotatable bonds is 8. The molecule has 1 atom stereocenters. The summed E-state index contributed by atoms with van der Waals surface area (Å²) in [5, 5.41) is 13.2. The van der Waals surface area contributed by atoms with Crippen LogP contribution in [-0.4, -0.2) is 17.5 Å². The minimum Gasteiger partial charge on any atom is -0.293 e. The number of thioether (sulfide) groups is 1. The molecule has 0 aliphatic heterocycles. The van der Waals surface area contributed by atoms with Crippen LogP contribution in [0, 0.1) is 11.3 Å². The first kappa shape index (κ1) is 16.1. The largest absolute Gasteiger partial charge is 0.293 e. The van der Waals surface area contributed by atoms with Crippen LogP contribution in [-0.2, 0) is 5.54 Å². The quantitative estimate of drug-likeness (QED) is 0.731. The first-order chi connectivity index (χ1) is 9.14. The zero-order valence-electron chi connectivity index (χ0n) is 12.1. The van der Waals surface area contributed by atoms with E-state index in [9.17, 15) is 5.26 Å². The minimum absolute atomic E-state index is 0.288. The van der Waals surface area contributed by atoms with Crippen molar-refractivity contribution in [1.82, 2.24) is 5.32 Å². The molecule has 0 fully saturated rings. The number of nitriles is 1. The summed E-state index contributed by atoms with van der Waals surface area (Å²) in [5.41, 5.74) is 0.513. The maximum absolute atomic E-state index is 9.71. The number of benzene rings is 1. The molecule has 0 aliphatic carbocycles. The standard InChI is InChI=1S/C16H24N2S/c1-4-11-19-12-10-16(13-17,18-14(2)3)15-8-6-5-7-9-15/h5-9,14,18H,4,10-12H2,1-3H3. The SMILES string of the molecule is CCCSCCC(C#N)(NC(C)C)c1ccccc1. The van der Waals surface area contributed by atoms with Crippen molar-refractivity contribution in [3.8, 4) is 6.07 Å². The number of hydrogen-bond acceptors (Lipinski definition) is 3. The zero-order chi connectivity index (χ0) is 14.1. The maximum atomic E-state index is 9.71. The van der Waals surface area contributed by atoms with E-state index in [1.807, 2.05) is 42.1 Å². The summed E-state index contributed by atoms with van der Waals surface area (Å²) in [6, 6.07) is 12.9. The Morgan fingerprint density at radius 3 is 2.47 bits per heavy atom. The van der Waals surface area contributed by atoms with Gasteiger partial charge in [0.1, 0.15) is 5.54 Å². The lowest BCUT2D eigenvalue weighted by Crippen LogP contribution is -2.45. The van der Waals surface area contributed by atoms with Crippen LogP contribution in [0.2, 0.25) is 0 Å². The molecule has 0 heterocycles. The van der Waals surface area contributed by atoms with Crippen molar-refractivity contribution in [2.45, 2.75) is 45.2 Å². The molecule has 1 N–H and O–H groups in total. The summed E-state index contributed by atoms with van der Waals surface area (Å²) in [6.45, 7) is 6.37. The monoisotopic (exact) mass is 276 g/mol. The second kappa shape index (κ2) is 8.24. The molecule has 0 aliphatic rings. The summed E-state index contributed by atoms with van der Waals surface area (Å²) in [6.07, 6.45) is 2.03. The third-order valence-electron chi connectivity index (χ3n) is 2.96. The number of nitrogens with one attached hydrogen (secondary N) is 1. The third-order valence-corrected chi connectivity index (χ3v) is 4.15. The zero-order valence-corrected chi connectivity index (χ0v) is 13.0. The van der Waals surface area contributed by atoms with Crippen LogP contribution in [0.25, 0.3) is 0 Å². The second-order valence-corrected chi connectivity index (χ2v) is 6.27. The summed E-state index contributed by atoms with van der Waals surface area (Å²) < 4.78 is 0. The van der Waals surface area contributed by atoms with Crippen LogP contribution in [0.4, 0.5) is 0 Å². The summed E-state index contributed by atoms with van der Waals surface area (Å²) in [5.74, 6) is 2.17. The van der Waals surface area contributed by atoms with Crippen LogP contribution < -0.4 is 5.32 Å². The highest BCUT2D eigenvalue weighted by Gasteiger charge is 2.32. The Morgan fingerprint density at radius 2 is 1.95 bits per heavy atom. The predicted octanol–water partition coefficient (Wildman–Crippen LogP) is 3.94. The molecule has 1 aromatic carbocycles. The van der Waals surface area contributed by atoms with Crippen molar-refractivity contribution in [3.05, 3.63) is 35.9 Å². The molecule has 3 heteroatoms. The van der Waals surface area contributed by atoms with Crippen LogP contribution in [0.15, 0.2) is 30.3 Å². The lowest BCUT2D eigenvalue weighted by molar-refractivity contribution is 0.378. The Morgan fingerprint density at radius 1 is 1.26 bits per heavy atom. The van der Waals surface area contributed by atoms with E-state index in [4.69, 9.17) is 0 Å². The highest BCUT2D eigenvalue weighted by atomic mass is 32.2. The van der Waals surface area contributed by atoms with Gasteiger partial charge in [-0.1, -0.05) is 37.3 Å². The van der Waals surface area contributed by atoms with Crippen molar-refractivity contribution in [1.29, 1.82) is 5.26 Å². The summed E-state index contributed by atoms with van der Waals surface area (Å²) in [4.78, 5) is 0. The van der Waals surface area contributed by atoms with Crippen molar-refractivity contribution in [2.24, 2.45) is 0 Å². The van der Waals surface area contributed by atoms with Gasteiger partial charge in [-0.15, -0.1) is 0 Å². The summed E-state index contributed by atoms with van der Waals surface area (Å²) >= 11 is 1.93. The van der Waals surface area contributed by atoms with Crippen LogP contribution in [0.3, 0.4) is 0 Å². The predicted molar refractivity (Wildman–Crippen MR) is 84.2 cm³/mol. The van der Waals surface area contributed by atoms with Gasteiger partial charge in [0.2, 0.25) is 0 Å². The fourth-order valence-corrected chi connectivity index (χ4v) is 3.08. The minimum atomic E-state index is -0.559. The van der Waals surface area contributed by atoms with Gasteiger partial charge in [0, 0.05) is 6.04 Å².